The minimum absolute atomic E-state index is 0.226. The molecule has 0 aromatic carbocycles. The maximum Gasteiger partial charge on any atom is 0.145 e. The molecule has 19 heavy (non-hydrogen) atoms. The van der Waals surface area contributed by atoms with Crippen molar-refractivity contribution < 1.29 is 4.74 Å². The first-order chi connectivity index (χ1) is 9.15. The van der Waals surface area contributed by atoms with E-state index >= 15 is 0 Å². The number of nitrogens with zero attached hydrogens (tertiary/aromatic N) is 3. The number of ether oxygens (including phenoxy) is 1. The number of hydrogen-bond donors (Lipinski definition) is 2. The molecule has 1 aliphatic heterocycles. The molecule has 106 valence electrons. The van der Waals surface area contributed by atoms with Crippen molar-refractivity contribution >= 4 is 11.6 Å². The molecule has 0 bridgehead atoms. The summed E-state index contributed by atoms with van der Waals surface area (Å²) in [5.41, 5.74) is 2.61. The van der Waals surface area contributed by atoms with Crippen molar-refractivity contribution in [3.63, 3.8) is 0 Å². The van der Waals surface area contributed by atoms with E-state index in [0.717, 1.165) is 37.5 Å². The van der Waals surface area contributed by atoms with E-state index in [0.29, 0.717) is 11.9 Å². The lowest BCUT2D eigenvalue weighted by molar-refractivity contribution is 0.118. The van der Waals surface area contributed by atoms with Gasteiger partial charge in [-0.2, -0.15) is 0 Å². The molecule has 1 aliphatic rings. The Morgan fingerprint density at radius 2 is 2.32 bits per heavy atom. The van der Waals surface area contributed by atoms with Gasteiger partial charge in [0.2, 0.25) is 0 Å². The van der Waals surface area contributed by atoms with Gasteiger partial charge in [0.1, 0.15) is 17.5 Å². The van der Waals surface area contributed by atoms with E-state index in [-0.39, 0.29) is 6.10 Å². The summed E-state index contributed by atoms with van der Waals surface area (Å²) < 4.78 is 5.62. The number of nitrogens with one attached hydrogen (secondary N) is 1. The first kappa shape index (κ1) is 14.0. The Balaban J connectivity index is 2.24. The third-order valence-electron chi connectivity index (χ3n) is 3.58. The second-order valence-electron chi connectivity index (χ2n) is 4.96. The van der Waals surface area contributed by atoms with Crippen LogP contribution in [-0.2, 0) is 11.2 Å². The summed E-state index contributed by atoms with van der Waals surface area (Å²) in [4.78, 5) is 11.1. The van der Waals surface area contributed by atoms with Crippen molar-refractivity contribution in [1.29, 1.82) is 0 Å². The molecule has 1 saturated heterocycles. The van der Waals surface area contributed by atoms with Crippen LogP contribution in [0.2, 0.25) is 0 Å². The van der Waals surface area contributed by atoms with Crippen LogP contribution in [0.15, 0.2) is 6.07 Å². The van der Waals surface area contributed by atoms with Gasteiger partial charge in [0, 0.05) is 26.1 Å². The molecule has 0 aliphatic carbocycles. The average Bonchev–Trinajstić information content (AvgIpc) is 2.84. The van der Waals surface area contributed by atoms with E-state index in [1.807, 2.05) is 13.1 Å². The Bertz CT molecular complexity index is 425. The molecule has 0 saturated carbocycles. The van der Waals surface area contributed by atoms with E-state index in [9.17, 15) is 0 Å². The fourth-order valence-electron chi connectivity index (χ4n) is 2.47. The van der Waals surface area contributed by atoms with Gasteiger partial charge in [0.05, 0.1) is 12.1 Å². The zero-order valence-corrected chi connectivity index (χ0v) is 11.9. The number of aromatic nitrogens is 2. The molecule has 2 unspecified atom stereocenters. The number of likely N-dealkylation sites (N-methyl/N-ethyl adjacent to an activating group) is 1. The van der Waals surface area contributed by atoms with E-state index in [2.05, 4.69) is 34.1 Å². The van der Waals surface area contributed by atoms with E-state index < -0.39 is 0 Å². The lowest BCUT2D eigenvalue weighted by atomic mass is 10.1. The Morgan fingerprint density at radius 3 is 2.89 bits per heavy atom. The lowest BCUT2D eigenvalue weighted by Crippen LogP contribution is -2.37. The Hall–Kier alpha value is -1.40. The predicted octanol–water partition coefficient (Wildman–Crippen LogP) is 1.33. The summed E-state index contributed by atoms with van der Waals surface area (Å²) in [7, 11) is 2.05. The Kier molecular flexibility index (Phi) is 4.55. The highest BCUT2D eigenvalue weighted by atomic mass is 16.5. The van der Waals surface area contributed by atoms with Crippen LogP contribution in [0.5, 0.6) is 0 Å². The standard InChI is InChI=1S/C13H23N5O/c1-4-5-11-15-12(17-14)8-13(16-11)18(3)10-6-7-19-9(10)2/h8-10H,4-7,14H2,1-3H3,(H,15,16,17). The highest BCUT2D eigenvalue weighted by Crippen LogP contribution is 2.24. The summed E-state index contributed by atoms with van der Waals surface area (Å²) in [5, 5.41) is 0. The first-order valence-corrected chi connectivity index (χ1v) is 6.84. The minimum atomic E-state index is 0.226. The number of nitrogens with two attached hydrogens (primary N) is 1. The molecule has 6 nitrogen and oxygen atoms in total. The van der Waals surface area contributed by atoms with Gasteiger partial charge in [-0.05, 0) is 19.8 Å². The van der Waals surface area contributed by atoms with E-state index in [1.165, 1.54) is 0 Å². The summed E-state index contributed by atoms with van der Waals surface area (Å²) in [5.74, 6) is 7.86. The quantitative estimate of drug-likeness (QED) is 0.618. The summed E-state index contributed by atoms with van der Waals surface area (Å²) in [6.07, 6.45) is 3.12. The maximum absolute atomic E-state index is 5.62. The molecule has 1 aromatic heterocycles. The highest BCUT2D eigenvalue weighted by Gasteiger charge is 2.29. The summed E-state index contributed by atoms with van der Waals surface area (Å²) >= 11 is 0. The monoisotopic (exact) mass is 265 g/mol. The van der Waals surface area contributed by atoms with Crippen molar-refractivity contribution in [2.75, 3.05) is 24.0 Å². The van der Waals surface area contributed by atoms with Crippen LogP contribution >= 0.6 is 0 Å². The van der Waals surface area contributed by atoms with Gasteiger partial charge in [-0.15, -0.1) is 0 Å². The van der Waals surface area contributed by atoms with Gasteiger partial charge in [-0.25, -0.2) is 15.8 Å². The van der Waals surface area contributed by atoms with Gasteiger partial charge < -0.3 is 15.1 Å². The molecule has 2 rings (SSSR count). The van der Waals surface area contributed by atoms with Crippen molar-refractivity contribution in [3.8, 4) is 0 Å². The molecule has 3 N–H and O–H groups in total. The maximum atomic E-state index is 5.62. The lowest BCUT2D eigenvalue weighted by Gasteiger charge is -2.28. The molecule has 1 fully saturated rings. The van der Waals surface area contributed by atoms with Crippen molar-refractivity contribution in [2.45, 2.75) is 45.3 Å². The molecular formula is C13H23N5O. The number of rotatable bonds is 5. The van der Waals surface area contributed by atoms with Crippen molar-refractivity contribution in [3.05, 3.63) is 11.9 Å². The molecule has 2 heterocycles. The molecular weight excluding hydrogens is 242 g/mol. The van der Waals surface area contributed by atoms with E-state index in [4.69, 9.17) is 10.6 Å². The van der Waals surface area contributed by atoms with Crippen LogP contribution in [0.4, 0.5) is 11.6 Å². The largest absolute Gasteiger partial charge is 0.376 e. The van der Waals surface area contributed by atoms with Gasteiger partial charge >= 0.3 is 0 Å². The third kappa shape index (κ3) is 3.13. The summed E-state index contributed by atoms with van der Waals surface area (Å²) in [6, 6.07) is 2.24. The van der Waals surface area contributed by atoms with Crippen LogP contribution in [-0.4, -0.2) is 35.8 Å². The fourth-order valence-corrected chi connectivity index (χ4v) is 2.47. The Morgan fingerprint density at radius 1 is 1.53 bits per heavy atom. The topological polar surface area (TPSA) is 76.3 Å². The number of hydrogen-bond acceptors (Lipinski definition) is 6. The molecule has 0 radical (unpaired) electrons. The number of hydrazine groups is 1. The average molecular weight is 265 g/mol. The third-order valence-corrected chi connectivity index (χ3v) is 3.58. The van der Waals surface area contributed by atoms with Crippen LogP contribution in [0, 0.1) is 0 Å². The smallest absolute Gasteiger partial charge is 0.145 e. The van der Waals surface area contributed by atoms with Crippen LogP contribution in [0.3, 0.4) is 0 Å². The van der Waals surface area contributed by atoms with E-state index in [1.54, 1.807) is 0 Å². The molecule has 6 heteroatoms. The fraction of sp³-hybridized carbons (Fsp3) is 0.692. The first-order valence-electron chi connectivity index (χ1n) is 6.84. The zero-order chi connectivity index (χ0) is 13.8. The van der Waals surface area contributed by atoms with Gasteiger partial charge in [0.15, 0.2) is 0 Å². The highest BCUT2D eigenvalue weighted by molar-refractivity contribution is 5.49. The van der Waals surface area contributed by atoms with Crippen LogP contribution in [0.1, 0.15) is 32.5 Å². The molecule has 0 amide bonds. The van der Waals surface area contributed by atoms with Gasteiger partial charge in [-0.1, -0.05) is 6.92 Å². The molecule has 2 atom stereocenters. The SMILES string of the molecule is CCCc1nc(NN)cc(N(C)C2CCOC2C)n1. The number of nitrogen functional groups attached to an aromatic ring is 1. The van der Waals surface area contributed by atoms with Crippen molar-refractivity contribution in [2.24, 2.45) is 5.84 Å². The Labute approximate surface area is 114 Å². The normalized spacial score (nSPS) is 22.5. The van der Waals surface area contributed by atoms with Gasteiger partial charge in [0.25, 0.3) is 0 Å². The second kappa shape index (κ2) is 6.16. The molecule has 1 aromatic rings. The van der Waals surface area contributed by atoms with Crippen molar-refractivity contribution in [1.82, 2.24) is 9.97 Å². The second-order valence-corrected chi connectivity index (χ2v) is 4.96. The zero-order valence-electron chi connectivity index (χ0n) is 11.9. The van der Waals surface area contributed by atoms with Crippen LogP contribution < -0.4 is 16.2 Å². The van der Waals surface area contributed by atoms with Crippen LogP contribution in [0.25, 0.3) is 0 Å². The number of anilines is 2. The summed E-state index contributed by atoms with van der Waals surface area (Å²) in [6.45, 7) is 5.03. The van der Waals surface area contributed by atoms with Gasteiger partial charge in [-0.3, -0.25) is 0 Å². The predicted molar refractivity (Wildman–Crippen MR) is 76.1 cm³/mol. The minimum Gasteiger partial charge on any atom is -0.376 e. The molecule has 0 spiro atoms. The number of aryl methyl sites for hydroxylation is 1.